The second-order valence-electron chi connectivity index (χ2n) is 2.92. The van der Waals surface area contributed by atoms with E-state index in [1.807, 2.05) is 31.5 Å². The van der Waals surface area contributed by atoms with E-state index in [-0.39, 0.29) is 6.29 Å². The maximum Gasteiger partial charge on any atom is 0.184 e. The van der Waals surface area contributed by atoms with Gasteiger partial charge in [-0.1, -0.05) is 18.2 Å². The summed E-state index contributed by atoms with van der Waals surface area (Å²) < 4.78 is 10.8. The molecule has 1 radical (unpaired) electrons. The van der Waals surface area contributed by atoms with E-state index in [4.69, 9.17) is 15.2 Å². The van der Waals surface area contributed by atoms with Crippen molar-refractivity contribution in [2.24, 2.45) is 0 Å². The fourth-order valence-corrected chi connectivity index (χ4v) is 1.31. The summed E-state index contributed by atoms with van der Waals surface area (Å²) in [7, 11) is 1.94. The summed E-state index contributed by atoms with van der Waals surface area (Å²) >= 11 is 0. The molecular weight excluding hydrogens is 165 g/mol. The first-order chi connectivity index (χ1) is 6.38. The van der Waals surface area contributed by atoms with Gasteiger partial charge < -0.3 is 15.2 Å². The summed E-state index contributed by atoms with van der Waals surface area (Å²) in [6.07, 6.45) is -0.300. The van der Waals surface area contributed by atoms with E-state index in [1.54, 1.807) is 0 Å². The van der Waals surface area contributed by atoms with Crippen LogP contribution in [0.4, 0.5) is 5.69 Å². The van der Waals surface area contributed by atoms with Crippen LogP contribution < -0.4 is 5.73 Å². The third-order valence-electron chi connectivity index (χ3n) is 1.98. The molecule has 2 N–H and O–H groups in total. The van der Waals surface area contributed by atoms with E-state index >= 15 is 0 Å². The lowest BCUT2D eigenvalue weighted by atomic mass is 9.81. The maximum absolute atomic E-state index is 5.78. The highest BCUT2D eigenvalue weighted by Gasteiger charge is 2.18. The Balaban J connectivity index is 2.18. The van der Waals surface area contributed by atoms with Crippen molar-refractivity contribution in [3.05, 3.63) is 29.8 Å². The monoisotopic (exact) mass is 176 g/mol. The lowest BCUT2D eigenvalue weighted by Crippen LogP contribution is -2.24. The molecule has 0 saturated carbocycles. The lowest BCUT2D eigenvalue weighted by Gasteiger charge is -2.24. The molecule has 2 rings (SSSR count). The molecule has 3 nitrogen and oxygen atoms in total. The van der Waals surface area contributed by atoms with Crippen molar-refractivity contribution in [2.75, 3.05) is 18.7 Å². The normalized spacial score (nSPS) is 18.2. The minimum atomic E-state index is -0.300. The Morgan fingerprint density at radius 2 is 1.92 bits per heavy atom. The van der Waals surface area contributed by atoms with Gasteiger partial charge in [0.2, 0.25) is 0 Å². The topological polar surface area (TPSA) is 44.5 Å². The highest BCUT2D eigenvalue weighted by Crippen LogP contribution is 2.25. The van der Waals surface area contributed by atoms with Gasteiger partial charge in [-0.2, -0.15) is 0 Å². The van der Waals surface area contributed by atoms with Crippen LogP contribution in [0.2, 0.25) is 0 Å². The highest BCUT2D eigenvalue weighted by atomic mass is 16.7. The van der Waals surface area contributed by atoms with Crippen LogP contribution >= 0.6 is 0 Å². The summed E-state index contributed by atoms with van der Waals surface area (Å²) in [5.74, 6) is 0. The fraction of sp³-hybridized carbons (Fsp3) is 0.333. The van der Waals surface area contributed by atoms with E-state index in [1.165, 1.54) is 0 Å². The van der Waals surface area contributed by atoms with E-state index < -0.39 is 0 Å². The number of hydrogen-bond acceptors (Lipinski definition) is 3. The molecule has 1 aromatic carbocycles. The van der Waals surface area contributed by atoms with Crippen LogP contribution in [0.25, 0.3) is 0 Å². The third-order valence-corrected chi connectivity index (χ3v) is 1.98. The van der Waals surface area contributed by atoms with Gasteiger partial charge in [0.05, 0.1) is 0 Å². The molecule has 1 aliphatic rings. The number of ether oxygens (including phenoxy) is 2. The molecule has 13 heavy (non-hydrogen) atoms. The molecular formula is C9H11BNO2. The number of nitrogens with two attached hydrogens (primary N) is 1. The number of nitrogen functional groups attached to an aromatic ring is 1. The molecule has 1 saturated heterocycles. The molecule has 0 aliphatic carbocycles. The number of para-hydroxylation sites is 1. The third kappa shape index (κ3) is 1.84. The summed E-state index contributed by atoms with van der Waals surface area (Å²) in [4.78, 5) is 0. The van der Waals surface area contributed by atoms with Gasteiger partial charge >= 0.3 is 0 Å². The van der Waals surface area contributed by atoms with Crippen LogP contribution in [0, 0.1) is 0 Å². The van der Waals surface area contributed by atoms with Gasteiger partial charge in [-0.15, -0.1) is 0 Å². The van der Waals surface area contributed by atoms with Gasteiger partial charge in [-0.25, -0.2) is 0 Å². The molecule has 1 aliphatic heterocycles. The van der Waals surface area contributed by atoms with Gasteiger partial charge in [-0.05, 0) is 6.07 Å². The standard InChI is InChI=1S/C9H11BNO2/c11-8-4-2-1-3-7(8)9-12-5-10-6-13-9/h1-4,9H,5-6,11H2. The molecule has 4 heteroatoms. The predicted molar refractivity (Wildman–Crippen MR) is 51.3 cm³/mol. The molecule has 1 aromatic rings. The van der Waals surface area contributed by atoms with E-state index in [2.05, 4.69) is 0 Å². The van der Waals surface area contributed by atoms with Crippen molar-refractivity contribution in [1.29, 1.82) is 0 Å². The Kier molecular flexibility index (Phi) is 2.52. The van der Waals surface area contributed by atoms with Crippen molar-refractivity contribution < 1.29 is 9.47 Å². The summed E-state index contributed by atoms with van der Waals surface area (Å²) in [6, 6.07) is 7.59. The zero-order valence-corrected chi connectivity index (χ0v) is 7.27. The first kappa shape index (κ1) is 8.60. The molecule has 0 unspecified atom stereocenters. The van der Waals surface area contributed by atoms with Crippen LogP contribution in [0.5, 0.6) is 0 Å². The minimum Gasteiger partial charge on any atom is -0.398 e. The van der Waals surface area contributed by atoms with E-state index in [9.17, 15) is 0 Å². The van der Waals surface area contributed by atoms with Crippen molar-refractivity contribution >= 4 is 13.0 Å². The Hall–Kier alpha value is -0.995. The van der Waals surface area contributed by atoms with E-state index in [0.29, 0.717) is 13.0 Å². The first-order valence-electron chi connectivity index (χ1n) is 4.27. The first-order valence-corrected chi connectivity index (χ1v) is 4.27. The largest absolute Gasteiger partial charge is 0.398 e. The van der Waals surface area contributed by atoms with Gasteiger partial charge in [-0.3, -0.25) is 0 Å². The predicted octanol–water partition coefficient (Wildman–Crippen LogP) is 0.933. The number of anilines is 1. The van der Waals surface area contributed by atoms with Gasteiger partial charge in [0.25, 0.3) is 0 Å². The molecule has 1 fully saturated rings. The van der Waals surface area contributed by atoms with Gasteiger partial charge in [0.1, 0.15) is 0 Å². The smallest absolute Gasteiger partial charge is 0.184 e. The zero-order chi connectivity index (χ0) is 9.10. The van der Waals surface area contributed by atoms with Crippen molar-refractivity contribution in [1.82, 2.24) is 0 Å². The number of benzene rings is 1. The van der Waals surface area contributed by atoms with Crippen molar-refractivity contribution in [2.45, 2.75) is 6.29 Å². The van der Waals surface area contributed by atoms with Crippen LogP contribution in [-0.4, -0.2) is 20.3 Å². The van der Waals surface area contributed by atoms with Crippen LogP contribution in [0.15, 0.2) is 24.3 Å². The number of hydrogen-bond donors (Lipinski definition) is 1. The number of rotatable bonds is 1. The molecule has 0 amide bonds. The summed E-state index contributed by atoms with van der Waals surface area (Å²) in [5.41, 5.74) is 7.41. The average Bonchev–Trinajstić information content (AvgIpc) is 2.20. The highest BCUT2D eigenvalue weighted by molar-refractivity contribution is 6.35. The van der Waals surface area contributed by atoms with Crippen molar-refractivity contribution in [3.63, 3.8) is 0 Å². The molecule has 0 atom stereocenters. The summed E-state index contributed by atoms with van der Waals surface area (Å²) in [5, 5.41) is 0. The quantitative estimate of drug-likeness (QED) is 0.511. The van der Waals surface area contributed by atoms with E-state index in [0.717, 1.165) is 11.3 Å². The Bertz CT molecular complexity index is 287. The lowest BCUT2D eigenvalue weighted by molar-refractivity contribution is -0.136. The van der Waals surface area contributed by atoms with Crippen LogP contribution in [-0.2, 0) is 9.47 Å². The van der Waals surface area contributed by atoms with Crippen LogP contribution in [0.1, 0.15) is 11.9 Å². The van der Waals surface area contributed by atoms with Crippen molar-refractivity contribution in [3.8, 4) is 0 Å². The molecule has 1 heterocycles. The Morgan fingerprint density at radius 1 is 1.23 bits per heavy atom. The zero-order valence-electron chi connectivity index (χ0n) is 7.27. The average molecular weight is 176 g/mol. The van der Waals surface area contributed by atoms with Gasteiger partial charge in [0.15, 0.2) is 13.6 Å². The second-order valence-corrected chi connectivity index (χ2v) is 2.92. The molecule has 0 bridgehead atoms. The van der Waals surface area contributed by atoms with Gasteiger partial charge in [0, 0.05) is 24.3 Å². The molecule has 0 aromatic heterocycles. The Morgan fingerprint density at radius 3 is 2.62 bits per heavy atom. The minimum absolute atomic E-state index is 0.300. The summed E-state index contributed by atoms with van der Waals surface area (Å²) in [6.45, 7) is 1.25. The SMILES string of the molecule is Nc1ccccc1C1OC[B]CO1. The molecule has 67 valence electrons. The maximum atomic E-state index is 5.78. The molecule has 0 spiro atoms. The second kappa shape index (κ2) is 3.81. The fourth-order valence-electron chi connectivity index (χ4n) is 1.31. The van der Waals surface area contributed by atoms with Crippen LogP contribution in [0.3, 0.4) is 0 Å². The Labute approximate surface area is 78.1 Å².